The van der Waals surface area contributed by atoms with Gasteiger partial charge in [0.15, 0.2) is 5.11 Å². The van der Waals surface area contributed by atoms with E-state index in [9.17, 15) is 14.7 Å². The number of halogens is 1. The van der Waals surface area contributed by atoms with Gasteiger partial charge in [0.1, 0.15) is 29.0 Å². The van der Waals surface area contributed by atoms with Crippen LogP contribution in [0, 0.1) is 0 Å². The molecular formula is C24H19ClN2O5S. The number of carboxylic acids is 1. The van der Waals surface area contributed by atoms with Crippen molar-refractivity contribution in [3.8, 4) is 17.1 Å². The molecule has 33 heavy (non-hydrogen) atoms. The zero-order valence-electron chi connectivity index (χ0n) is 17.4. The molecule has 168 valence electrons. The van der Waals surface area contributed by atoms with Gasteiger partial charge in [0.2, 0.25) is 0 Å². The number of methoxy groups -OCH3 is 1. The standard InChI is InChI=1S/C24H19ClN2O5S/c1-31-21-9-7-15(12-17(21)25)20-10-8-16(32-20)13-18-22(28)27(24(33)26-18)19(23(29)30)11-14-5-3-2-4-6-14/h2-10,12-13,19H,11H2,1H3,(H,26,33)(H,29,30)/b18-13+/t19-/m0/s1. The summed E-state index contributed by atoms with van der Waals surface area (Å²) in [4.78, 5) is 26.0. The van der Waals surface area contributed by atoms with Crippen LogP contribution in [0.4, 0.5) is 0 Å². The van der Waals surface area contributed by atoms with E-state index in [0.717, 1.165) is 16.0 Å². The smallest absolute Gasteiger partial charge is 0.327 e. The van der Waals surface area contributed by atoms with E-state index in [1.54, 1.807) is 42.5 Å². The van der Waals surface area contributed by atoms with Gasteiger partial charge in [-0.3, -0.25) is 9.69 Å². The van der Waals surface area contributed by atoms with Crippen molar-refractivity contribution in [2.75, 3.05) is 7.11 Å². The van der Waals surface area contributed by atoms with Gasteiger partial charge in [0, 0.05) is 18.1 Å². The van der Waals surface area contributed by atoms with Crippen molar-refractivity contribution in [1.82, 2.24) is 10.2 Å². The first-order chi connectivity index (χ1) is 15.9. The maximum atomic E-state index is 13.0. The van der Waals surface area contributed by atoms with Crippen LogP contribution in [0.15, 0.2) is 70.8 Å². The molecule has 0 radical (unpaired) electrons. The first kappa shape index (κ1) is 22.6. The Hall–Kier alpha value is -3.62. The predicted octanol–water partition coefficient (Wildman–Crippen LogP) is 4.36. The summed E-state index contributed by atoms with van der Waals surface area (Å²) >= 11 is 11.5. The number of carbonyl (C=O) groups excluding carboxylic acids is 1. The number of furan rings is 1. The first-order valence-corrected chi connectivity index (χ1v) is 10.7. The molecule has 3 aromatic rings. The van der Waals surface area contributed by atoms with Crippen LogP contribution < -0.4 is 10.1 Å². The molecule has 0 unspecified atom stereocenters. The lowest BCUT2D eigenvalue weighted by molar-refractivity contribution is -0.145. The van der Waals surface area contributed by atoms with Crippen molar-refractivity contribution in [3.63, 3.8) is 0 Å². The van der Waals surface area contributed by atoms with E-state index in [0.29, 0.717) is 22.3 Å². The highest BCUT2D eigenvalue weighted by Gasteiger charge is 2.39. The second-order valence-corrected chi connectivity index (χ2v) is 8.05. The lowest BCUT2D eigenvalue weighted by Gasteiger charge is -2.22. The van der Waals surface area contributed by atoms with Crippen LogP contribution in [0.2, 0.25) is 5.02 Å². The molecule has 2 heterocycles. The molecule has 4 rings (SSSR count). The molecule has 9 heteroatoms. The van der Waals surface area contributed by atoms with E-state index in [4.69, 9.17) is 33.0 Å². The van der Waals surface area contributed by atoms with Crippen LogP contribution >= 0.6 is 23.8 Å². The van der Waals surface area contributed by atoms with E-state index >= 15 is 0 Å². The topological polar surface area (TPSA) is 92.0 Å². The summed E-state index contributed by atoms with van der Waals surface area (Å²) in [5.74, 6) is -0.189. The highest BCUT2D eigenvalue weighted by Crippen LogP contribution is 2.31. The number of amides is 1. The summed E-state index contributed by atoms with van der Waals surface area (Å²) in [5.41, 5.74) is 1.65. The molecule has 2 aromatic carbocycles. The van der Waals surface area contributed by atoms with Crippen LogP contribution in [0.1, 0.15) is 11.3 Å². The summed E-state index contributed by atoms with van der Waals surface area (Å²) in [6, 6.07) is 16.6. The second kappa shape index (κ2) is 9.48. The third-order valence-electron chi connectivity index (χ3n) is 5.13. The number of nitrogens with one attached hydrogen (secondary N) is 1. The van der Waals surface area contributed by atoms with Gasteiger partial charge in [-0.2, -0.15) is 0 Å². The Morgan fingerprint density at radius 3 is 2.67 bits per heavy atom. The fourth-order valence-corrected chi connectivity index (χ4v) is 4.08. The van der Waals surface area contributed by atoms with E-state index in [1.165, 1.54) is 13.2 Å². The summed E-state index contributed by atoms with van der Waals surface area (Å²) in [7, 11) is 1.53. The summed E-state index contributed by atoms with van der Waals surface area (Å²) in [6.07, 6.45) is 1.62. The van der Waals surface area contributed by atoms with Crippen LogP contribution in [0.5, 0.6) is 5.75 Å². The van der Waals surface area contributed by atoms with Gasteiger partial charge in [-0.1, -0.05) is 41.9 Å². The van der Waals surface area contributed by atoms with Gasteiger partial charge in [-0.05, 0) is 48.1 Å². The number of hydrogen-bond donors (Lipinski definition) is 2. The number of ether oxygens (including phenoxy) is 1. The fourth-order valence-electron chi connectivity index (χ4n) is 3.51. The van der Waals surface area contributed by atoms with Crippen LogP contribution in [0.25, 0.3) is 17.4 Å². The molecule has 1 fully saturated rings. The number of thiocarbonyl (C=S) groups is 1. The van der Waals surface area contributed by atoms with Crippen molar-refractivity contribution < 1.29 is 23.8 Å². The summed E-state index contributed by atoms with van der Waals surface area (Å²) < 4.78 is 11.0. The van der Waals surface area contributed by atoms with Gasteiger partial charge < -0.3 is 19.6 Å². The molecule has 1 aliphatic heterocycles. The Balaban J connectivity index is 1.56. The quantitative estimate of drug-likeness (QED) is 0.382. The van der Waals surface area contributed by atoms with Gasteiger partial charge in [0.25, 0.3) is 5.91 Å². The fraction of sp³-hybridized carbons (Fsp3) is 0.125. The van der Waals surface area contributed by atoms with Crippen molar-refractivity contribution in [2.45, 2.75) is 12.5 Å². The van der Waals surface area contributed by atoms with Crippen LogP contribution in [-0.4, -0.2) is 40.1 Å². The Bertz CT molecular complexity index is 1250. The molecule has 1 amide bonds. The van der Waals surface area contributed by atoms with Crippen LogP contribution in [-0.2, 0) is 16.0 Å². The highest BCUT2D eigenvalue weighted by molar-refractivity contribution is 7.80. The number of rotatable bonds is 7. The molecule has 1 saturated heterocycles. The number of nitrogens with zero attached hydrogens (tertiary/aromatic N) is 1. The monoisotopic (exact) mass is 482 g/mol. The molecule has 0 saturated carbocycles. The summed E-state index contributed by atoms with van der Waals surface area (Å²) in [5, 5.41) is 13.0. The number of benzene rings is 2. The molecule has 1 aliphatic rings. The first-order valence-electron chi connectivity index (χ1n) is 9.94. The molecule has 0 bridgehead atoms. The lowest BCUT2D eigenvalue weighted by atomic mass is 10.0. The minimum absolute atomic E-state index is 0.0308. The Labute approximate surface area is 200 Å². The van der Waals surface area contributed by atoms with Crippen molar-refractivity contribution >= 4 is 46.9 Å². The molecule has 1 atom stereocenters. The van der Waals surface area contributed by atoms with Crippen LogP contribution in [0.3, 0.4) is 0 Å². The largest absolute Gasteiger partial charge is 0.495 e. The van der Waals surface area contributed by atoms with Crippen molar-refractivity contribution in [2.24, 2.45) is 0 Å². The lowest BCUT2D eigenvalue weighted by Crippen LogP contribution is -2.46. The maximum absolute atomic E-state index is 13.0. The highest BCUT2D eigenvalue weighted by atomic mass is 35.5. The minimum atomic E-state index is -1.14. The molecule has 0 spiro atoms. The van der Waals surface area contributed by atoms with Gasteiger partial charge in [-0.25, -0.2) is 4.79 Å². The van der Waals surface area contributed by atoms with Gasteiger partial charge >= 0.3 is 5.97 Å². The van der Waals surface area contributed by atoms with Crippen molar-refractivity contribution in [3.05, 3.63) is 82.7 Å². The SMILES string of the molecule is COc1ccc(-c2ccc(/C=C3/NC(=S)N([C@@H](Cc4ccccc4)C(=O)O)C3=O)o2)cc1Cl. The average Bonchev–Trinajstić information content (AvgIpc) is 3.37. The van der Waals surface area contributed by atoms with Crippen molar-refractivity contribution in [1.29, 1.82) is 0 Å². The molecule has 1 aromatic heterocycles. The van der Waals surface area contributed by atoms with Gasteiger partial charge in [0.05, 0.1) is 12.1 Å². The zero-order chi connectivity index (χ0) is 23.5. The molecule has 2 N–H and O–H groups in total. The Morgan fingerprint density at radius 1 is 1.24 bits per heavy atom. The number of hydrogen-bond acceptors (Lipinski definition) is 5. The maximum Gasteiger partial charge on any atom is 0.327 e. The van der Waals surface area contributed by atoms with E-state index in [1.807, 2.05) is 18.2 Å². The minimum Gasteiger partial charge on any atom is -0.495 e. The number of carbonyl (C=O) groups is 2. The zero-order valence-corrected chi connectivity index (χ0v) is 19.0. The average molecular weight is 483 g/mol. The predicted molar refractivity (Wildman–Crippen MR) is 128 cm³/mol. The number of aliphatic carboxylic acids is 1. The third-order valence-corrected chi connectivity index (χ3v) is 5.72. The van der Waals surface area contributed by atoms with E-state index in [-0.39, 0.29) is 17.2 Å². The number of carboxylic acid groups (broad SMARTS) is 1. The molecule has 0 aliphatic carbocycles. The molecular weight excluding hydrogens is 464 g/mol. The second-order valence-electron chi connectivity index (χ2n) is 7.26. The third kappa shape index (κ3) is 4.76. The normalized spacial score (nSPS) is 15.6. The molecule has 7 nitrogen and oxygen atoms in total. The van der Waals surface area contributed by atoms with E-state index in [2.05, 4.69) is 5.32 Å². The summed E-state index contributed by atoms with van der Waals surface area (Å²) in [6.45, 7) is 0. The Kier molecular flexibility index (Phi) is 6.48. The Morgan fingerprint density at radius 2 is 2.00 bits per heavy atom. The van der Waals surface area contributed by atoms with E-state index < -0.39 is 17.9 Å². The van der Waals surface area contributed by atoms with Gasteiger partial charge in [-0.15, -0.1) is 0 Å².